The van der Waals surface area contributed by atoms with Gasteiger partial charge < -0.3 is 24.7 Å². The summed E-state index contributed by atoms with van der Waals surface area (Å²) in [5.41, 5.74) is 1.49. The van der Waals surface area contributed by atoms with Gasteiger partial charge in [-0.25, -0.2) is 4.98 Å². The molecule has 1 fully saturated rings. The maximum absolute atomic E-state index is 10.5. The standard InChI is InChI=1S/C20H25ClN2O4/c1-26-19(25)20(7-2-8-20)13-27-18-6-3-14(12-23-18)16-5-4-15(11-17(16)21)22-9-10-24/h3-6,10,12,15,19,22,25H,2,7-9,11,13H2,1H3. The fourth-order valence-corrected chi connectivity index (χ4v) is 3.79. The highest BCUT2D eigenvalue weighted by atomic mass is 35.5. The lowest BCUT2D eigenvalue weighted by Crippen LogP contribution is -2.47. The van der Waals surface area contributed by atoms with Crippen molar-refractivity contribution < 1.29 is 19.4 Å². The normalized spacial score (nSPS) is 22.3. The van der Waals surface area contributed by atoms with E-state index in [1.54, 1.807) is 6.20 Å². The van der Waals surface area contributed by atoms with Crippen LogP contribution in [-0.4, -0.2) is 49.0 Å². The van der Waals surface area contributed by atoms with E-state index in [9.17, 15) is 9.90 Å². The van der Waals surface area contributed by atoms with Crippen molar-refractivity contribution >= 4 is 23.5 Å². The smallest absolute Gasteiger partial charge is 0.213 e. The Balaban J connectivity index is 1.61. The predicted molar refractivity (Wildman–Crippen MR) is 103 cm³/mol. The molecule has 2 aliphatic rings. The highest BCUT2D eigenvalue weighted by molar-refractivity contribution is 6.33. The lowest BCUT2D eigenvalue weighted by molar-refractivity contribution is -0.197. The van der Waals surface area contributed by atoms with Gasteiger partial charge in [-0.2, -0.15) is 0 Å². The largest absolute Gasteiger partial charge is 0.477 e. The van der Waals surface area contributed by atoms with Crippen molar-refractivity contribution in [1.29, 1.82) is 0 Å². The molecule has 0 amide bonds. The van der Waals surface area contributed by atoms with Gasteiger partial charge in [0.05, 0.1) is 12.0 Å². The number of halogens is 1. The van der Waals surface area contributed by atoms with Crippen molar-refractivity contribution in [2.24, 2.45) is 5.41 Å². The first-order valence-electron chi connectivity index (χ1n) is 9.12. The molecule has 0 aromatic carbocycles. The minimum atomic E-state index is -0.817. The van der Waals surface area contributed by atoms with Gasteiger partial charge in [-0.1, -0.05) is 30.2 Å². The Morgan fingerprint density at radius 1 is 1.48 bits per heavy atom. The number of ether oxygens (including phenoxy) is 2. The third-order valence-corrected chi connectivity index (χ3v) is 5.66. The van der Waals surface area contributed by atoms with Crippen molar-refractivity contribution in [3.63, 3.8) is 0 Å². The van der Waals surface area contributed by atoms with Gasteiger partial charge in [0.25, 0.3) is 0 Å². The van der Waals surface area contributed by atoms with E-state index < -0.39 is 6.29 Å². The van der Waals surface area contributed by atoms with Crippen LogP contribution in [0.4, 0.5) is 0 Å². The summed E-state index contributed by atoms with van der Waals surface area (Å²) in [5, 5.41) is 13.9. The molecule has 2 aliphatic carbocycles. The minimum absolute atomic E-state index is 0.0629. The van der Waals surface area contributed by atoms with Crippen LogP contribution in [0.3, 0.4) is 0 Å². The quantitative estimate of drug-likeness (QED) is 0.496. The number of hydrogen-bond donors (Lipinski definition) is 2. The zero-order valence-corrected chi connectivity index (χ0v) is 16.1. The number of rotatable bonds is 9. The number of carbonyl (C=O) groups is 1. The van der Waals surface area contributed by atoms with Crippen LogP contribution in [-0.2, 0) is 9.53 Å². The molecule has 0 radical (unpaired) electrons. The molecule has 3 rings (SSSR count). The minimum Gasteiger partial charge on any atom is -0.477 e. The van der Waals surface area contributed by atoms with Gasteiger partial charge in [-0.05, 0) is 24.5 Å². The maximum atomic E-state index is 10.5. The average molecular weight is 393 g/mol. The van der Waals surface area contributed by atoms with Gasteiger partial charge in [0.2, 0.25) is 5.88 Å². The van der Waals surface area contributed by atoms with E-state index >= 15 is 0 Å². The molecule has 1 saturated carbocycles. The molecule has 146 valence electrons. The lowest BCUT2D eigenvalue weighted by atomic mass is 9.69. The SMILES string of the molecule is COC(O)C1(COc2ccc(C3=C(Cl)CC(NCC=O)C=C3)cn2)CCC1. The summed E-state index contributed by atoms with van der Waals surface area (Å²) in [6.45, 7) is 0.684. The van der Waals surface area contributed by atoms with E-state index in [1.165, 1.54) is 7.11 Å². The monoisotopic (exact) mass is 392 g/mol. The van der Waals surface area contributed by atoms with Crippen LogP contribution in [0.15, 0.2) is 35.5 Å². The van der Waals surface area contributed by atoms with Crippen molar-refractivity contribution in [3.8, 4) is 5.88 Å². The van der Waals surface area contributed by atoms with Crippen molar-refractivity contribution in [2.45, 2.75) is 38.0 Å². The second-order valence-electron chi connectivity index (χ2n) is 7.04. The van der Waals surface area contributed by atoms with Crippen LogP contribution in [0.1, 0.15) is 31.2 Å². The maximum Gasteiger partial charge on any atom is 0.213 e. The molecule has 1 heterocycles. The van der Waals surface area contributed by atoms with Crippen molar-refractivity contribution in [2.75, 3.05) is 20.3 Å². The number of aliphatic hydroxyl groups excluding tert-OH is 1. The van der Waals surface area contributed by atoms with Crippen LogP contribution in [0.2, 0.25) is 0 Å². The predicted octanol–water partition coefficient (Wildman–Crippen LogP) is 2.66. The first kappa shape index (κ1) is 20.0. The van der Waals surface area contributed by atoms with E-state index in [-0.39, 0.29) is 11.5 Å². The van der Waals surface area contributed by atoms with Gasteiger partial charge in [0.1, 0.15) is 12.9 Å². The summed E-state index contributed by atoms with van der Waals surface area (Å²) in [6, 6.07) is 3.79. The summed E-state index contributed by atoms with van der Waals surface area (Å²) in [6.07, 6.45) is 9.17. The summed E-state index contributed by atoms with van der Waals surface area (Å²) < 4.78 is 10.9. The average Bonchev–Trinajstić information content (AvgIpc) is 2.66. The summed E-state index contributed by atoms with van der Waals surface area (Å²) in [5.74, 6) is 0.510. The fourth-order valence-electron chi connectivity index (χ4n) is 3.45. The van der Waals surface area contributed by atoms with E-state index in [1.807, 2.05) is 24.3 Å². The number of aliphatic hydroxyl groups is 1. The van der Waals surface area contributed by atoms with Gasteiger partial charge in [0, 0.05) is 42.4 Å². The van der Waals surface area contributed by atoms with E-state index in [4.69, 9.17) is 21.1 Å². The number of nitrogens with one attached hydrogen (secondary N) is 1. The van der Waals surface area contributed by atoms with Gasteiger partial charge >= 0.3 is 0 Å². The van der Waals surface area contributed by atoms with Crippen LogP contribution in [0.25, 0.3) is 5.57 Å². The number of nitrogens with zero attached hydrogens (tertiary/aromatic N) is 1. The molecule has 2 N–H and O–H groups in total. The molecular formula is C20H25ClN2O4. The highest BCUT2D eigenvalue weighted by Gasteiger charge is 2.45. The fraction of sp³-hybridized carbons (Fsp3) is 0.500. The van der Waals surface area contributed by atoms with Crippen LogP contribution < -0.4 is 10.1 Å². The molecule has 7 heteroatoms. The number of methoxy groups -OCH3 is 1. The number of hydrogen-bond acceptors (Lipinski definition) is 6. The number of aromatic nitrogens is 1. The van der Waals surface area contributed by atoms with Crippen LogP contribution in [0, 0.1) is 5.41 Å². The van der Waals surface area contributed by atoms with Crippen molar-refractivity contribution in [3.05, 3.63) is 41.1 Å². The zero-order valence-electron chi connectivity index (χ0n) is 15.4. The lowest BCUT2D eigenvalue weighted by Gasteiger charge is -2.43. The summed E-state index contributed by atoms with van der Waals surface area (Å²) >= 11 is 6.43. The molecule has 1 aromatic heterocycles. The Kier molecular flexibility index (Phi) is 6.65. The third kappa shape index (κ3) is 4.58. The Hall–Kier alpha value is -1.73. The first-order valence-corrected chi connectivity index (χ1v) is 9.50. The van der Waals surface area contributed by atoms with Crippen LogP contribution in [0.5, 0.6) is 5.88 Å². The molecule has 1 aromatic rings. The number of aldehydes is 1. The number of allylic oxidation sites excluding steroid dienone is 2. The second kappa shape index (κ2) is 8.97. The molecule has 2 unspecified atom stereocenters. The molecule has 6 nitrogen and oxygen atoms in total. The summed E-state index contributed by atoms with van der Waals surface area (Å²) in [7, 11) is 1.51. The van der Waals surface area contributed by atoms with Gasteiger partial charge in [0.15, 0.2) is 6.29 Å². The van der Waals surface area contributed by atoms with Gasteiger partial charge in [-0.3, -0.25) is 0 Å². The Labute approximate surface area is 164 Å². The highest BCUT2D eigenvalue weighted by Crippen LogP contribution is 2.44. The number of pyridine rings is 1. The molecule has 27 heavy (non-hydrogen) atoms. The molecule has 0 spiro atoms. The molecule has 2 atom stereocenters. The Bertz CT molecular complexity index is 713. The van der Waals surface area contributed by atoms with Crippen molar-refractivity contribution in [1.82, 2.24) is 10.3 Å². The van der Waals surface area contributed by atoms with E-state index in [0.717, 1.165) is 41.7 Å². The second-order valence-corrected chi connectivity index (χ2v) is 7.50. The molecule has 0 aliphatic heterocycles. The van der Waals surface area contributed by atoms with E-state index in [0.29, 0.717) is 25.5 Å². The topological polar surface area (TPSA) is 80.7 Å². The Morgan fingerprint density at radius 3 is 2.85 bits per heavy atom. The Morgan fingerprint density at radius 2 is 2.30 bits per heavy atom. The molecular weight excluding hydrogens is 368 g/mol. The third-order valence-electron chi connectivity index (χ3n) is 5.30. The van der Waals surface area contributed by atoms with E-state index in [2.05, 4.69) is 10.3 Å². The summed E-state index contributed by atoms with van der Waals surface area (Å²) in [4.78, 5) is 14.8. The molecule has 0 bridgehead atoms. The first-order chi connectivity index (χ1) is 13.1. The number of carbonyl (C=O) groups excluding carboxylic acids is 1. The van der Waals surface area contributed by atoms with Crippen LogP contribution >= 0.6 is 11.6 Å². The zero-order chi connectivity index (χ0) is 19.3. The van der Waals surface area contributed by atoms with Gasteiger partial charge in [-0.15, -0.1) is 0 Å². The molecule has 0 saturated heterocycles.